The molecule has 2 aliphatic rings. The topological polar surface area (TPSA) is 17.8 Å². The Labute approximate surface area is 310 Å². The Morgan fingerprint density at radius 2 is 1.02 bits per heavy atom. The minimum Gasteiger partial charge on any atom is -0.292 e. The molecule has 0 bridgehead atoms. The summed E-state index contributed by atoms with van der Waals surface area (Å²) in [5, 5.41) is 2.64. The first-order valence-corrected chi connectivity index (χ1v) is 19.0. The molecule has 2 aromatic heterocycles. The highest BCUT2D eigenvalue weighted by Crippen LogP contribution is 2.62. The van der Waals surface area contributed by atoms with Gasteiger partial charge in [0, 0.05) is 31.4 Å². The fraction of sp³-hybridized carbons (Fsp3) is 0.0200. The van der Waals surface area contributed by atoms with Gasteiger partial charge in [0.05, 0.1) is 16.4 Å². The second kappa shape index (κ2) is 10.7. The number of nitrogens with zero attached hydrogens (tertiary/aromatic N) is 2. The minimum atomic E-state index is -0.590. The summed E-state index contributed by atoms with van der Waals surface area (Å²) in [6, 6.07) is 67.4. The van der Waals surface area contributed by atoms with E-state index >= 15 is 0 Å². The Balaban J connectivity index is 1.26. The lowest BCUT2D eigenvalue weighted by Crippen LogP contribution is -2.29. The van der Waals surface area contributed by atoms with Gasteiger partial charge in [-0.3, -0.25) is 4.57 Å². The molecule has 2 heterocycles. The number of aromatic nitrogens is 2. The van der Waals surface area contributed by atoms with Crippen LogP contribution in [0.5, 0.6) is 0 Å². The average molecular weight is 691 g/mol. The van der Waals surface area contributed by atoms with Crippen LogP contribution < -0.4 is 0 Å². The molecule has 1 unspecified atom stereocenters. The molecule has 0 saturated heterocycles. The van der Waals surface area contributed by atoms with Crippen molar-refractivity contribution in [3.05, 3.63) is 204 Å². The first kappa shape index (κ1) is 29.1. The molecule has 2 nitrogen and oxygen atoms in total. The maximum absolute atomic E-state index is 5.36. The van der Waals surface area contributed by atoms with Gasteiger partial charge in [-0.1, -0.05) is 133 Å². The molecule has 12 rings (SSSR count). The van der Waals surface area contributed by atoms with Gasteiger partial charge in [0.2, 0.25) is 0 Å². The van der Waals surface area contributed by atoms with Crippen LogP contribution in [0.15, 0.2) is 182 Å². The number of fused-ring (bicyclic) bond motifs is 16. The van der Waals surface area contributed by atoms with Crippen LogP contribution in [-0.4, -0.2) is 9.55 Å². The van der Waals surface area contributed by atoms with Gasteiger partial charge in [-0.05, 0) is 104 Å². The molecule has 0 aliphatic heterocycles. The van der Waals surface area contributed by atoms with Crippen molar-refractivity contribution >= 4 is 42.5 Å². The van der Waals surface area contributed by atoms with Crippen molar-refractivity contribution in [2.75, 3.05) is 0 Å². The van der Waals surface area contributed by atoms with Gasteiger partial charge in [-0.2, -0.15) is 0 Å². The molecule has 2 aliphatic carbocycles. The lowest BCUT2D eigenvalue weighted by atomic mass is 9.65. The van der Waals surface area contributed by atoms with E-state index < -0.39 is 5.41 Å². The van der Waals surface area contributed by atoms with Crippen molar-refractivity contribution in [3.63, 3.8) is 0 Å². The van der Waals surface area contributed by atoms with E-state index in [0.29, 0.717) is 0 Å². The Morgan fingerprint density at radius 1 is 0.415 bits per heavy atom. The Hall–Kier alpha value is -6.55. The molecule has 0 N–H and O–H groups in total. The quantitative estimate of drug-likeness (QED) is 0.177. The van der Waals surface area contributed by atoms with Gasteiger partial charge in [-0.15, -0.1) is 11.3 Å². The van der Waals surface area contributed by atoms with Crippen molar-refractivity contribution in [1.82, 2.24) is 9.55 Å². The smallest absolute Gasteiger partial charge is 0.145 e. The van der Waals surface area contributed by atoms with Gasteiger partial charge >= 0.3 is 0 Å². The van der Waals surface area contributed by atoms with Crippen molar-refractivity contribution < 1.29 is 0 Å². The summed E-state index contributed by atoms with van der Waals surface area (Å²) in [6.07, 6.45) is 0. The molecule has 0 radical (unpaired) electrons. The number of imidazole rings is 1. The standard InChI is InChI=1S/C50H30N2S/c1-2-14-32(15-3-1)52-46-24-12-11-23-45(46)51-49(52)31-26-27-37-34-17-5-4-16-33(34)35-18-6-9-21-41(35)50(43(37)28-31)42-22-10-7-19-36(42)39-30-48-40(29-44(39)50)38-20-8-13-25-47(38)53-48/h1-30H. The highest BCUT2D eigenvalue weighted by atomic mass is 32.1. The Bertz CT molecular complexity index is 3130. The summed E-state index contributed by atoms with van der Waals surface area (Å²) < 4.78 is 4.97. The zero-order chi connectivity index (χ0) is 34.7. The summed E-state index contributed by atoms with van der Waals surface area (Å²) in [5.74, 6) is 0.937. The first-order chi connectivity index (χ1) is 26.3. The van der Waals surface area contributed by atoms with Crippen LogP contribution in [-0.2, 0) is 5.41 Å². The molecule has 10 aromatic rings. The zero-order valence-electron chi connectivity index (χ0n) is 28.6. The molecular weight excluding hydrogens is 661 g/mol. The van der Waals surface area contributed by atoms with E-state index in [2.05, 4.69) is 187 Å². The highest BCUT2D eigenvalue weighted by Gasteiger charge is 2.50. The van der Waals surface area contributed by atoms with Crippen LogP contribution in [0.3, 0.4) is 0 Å². The highest BCUT2D eigenvalue weighted by molar-refractivity contribution is 7.25. The molecule has 53 heavy (non-hydrogen) atoms. The lowest BCUT2D eigenvalue weighted by molar-refractivity contribution is 0.776. The largest absolute Gasteiger partial charge is 0.292 e. The predicted molar refractivity (Wildman–Crippen MR) is 221 cm³/mol. The number of thiophene rings is 1. The van der Waals surface area contributed by atoms with E-state index in [1.165, 1.54) is 75.8 Å². The number of hydrogen-bond donors (Lipinski definition) is 0. The minimum absolute atomic E-state index is 0.590. The zero-order valence-corrected chi connectivity index (χ0v) is 29.4. The summed E-state index contributed by atoms with van der Waals surface area (Å²) in [5.41, 5.74) is 16.6. The van der Waals surface area contributed by atoms with Gasteiger partial charge in [0.25, 0.3) is 0 Å². The monoisotopic (exact) mass is 690 g/mol. The Kier molecular flexibility index (Phi) is 5.89. The van der Waals surface area contributed by atoms with E-state index in [-0.39, 0.29) is 0 Å². The van der Waals surface area contributed by atoms with Crippen LogP contribution >= 0.6 is 11.3 Å². The fourth-order valence-corrected chi connectivity index (χ4v) is 10.6. The molecule has 1 spiro atoms. The van der Waals surface area contributed by atoms with E-state index in [9.17, 15) is 0 Å². The van der Waals surface area contributed by atoms with E-state index in [1.54, 1.807) is 0 Å². The van der Waals surface area contributed by atoms with E-state index in [4.69, 9.17) is 4.98 Å². The molecule has 0 amide bonds. The van der Waals surface area contributed by atoms with Gasteiger partial charge in [-0.25, -0.2) is 4.98 Å². The number of benzene rings is 8. The average Bonchev–Trinajstić information content (AvgIpc) is 3.86. The van der Waals surface area contributed by atoms with Crippen LogP contribution in [0.2, 0.25) is 0 Å². The van der Waals surface area contributed by atoms with Gasteiger partial charge in [0.1, 0.15) is 5.82 Å². The summed E-state index contributed by atoms with van der Waals surface area (Å²) in [6.45, 7) is 0. The third-order valence-electron chi connectivity index (χ3n) is 11.6. The molecule has 8 aromatic carbocycles. The maximum atomic E-state index is 5.36. The summed E-state index contributed by atoms with van der Waals surface area (Å²) >= 11 is 1.89. The molecule has 246 valence electrons. The van der Waals surface area contributed by atoms with Gasteiger partial charge < -0.3 is 0 Å². The SMILES string of the molecule is c1ccc(-n2c(-c3ccc4c(c3)C3(c5ccccc5-c5ccccc5-4)c4ccccc4-c4cc5sc6ccccc6c5cc43)nc3ccccc32)cc1. The first-order valence-electron chi connectivity index (χ1n) is 18.2. The van der Waals surface area contributed by atoms with Crippen molar-refractivity contribution in [1.29, 1.82) is 0 Å². The summed E-state index contributed by atoms with van der Waals surface area (Å²) in [4.78, 5) is 5.36. The van der Waals surface area contributed by atoms with Crippen LogP contribution in [0.25, 0.3) is 81.7 Å². The van der Waals surface area contributed by atoms with Crippen molar-refractivity contribution in [2.24, 2.45) is 0 Å². The Morgan fingerprint density at radius 3 is 1.81 bits per heavy atom. The number of rotatable bonds is 2. The van der Waals surface area contributed by atoms with E-state index in [0.717, 1.165) is 28.1 Å². The third kappa shape index (κ3) is 3.84. The number of para-hydroxylation sites is 3. The van der Waals surface area contributed by atoms with Crippen LogP contribution in [0.4, 0.5) is 0 Å². The second-order valence-electron chi connectivity index (χ2n) is 14.2. The maximum Gasteiger partial charge on any atom is 0.145 e. The fourth-order valence-electron chi connectivity index (χ4n) is 9.50. The molecule has 0 saturated carbocycles. The third-order valence-corrected chi connectivity index (χ3v) is 12.8. The van der Waals surface area contributed by atoms with Crippen molar-refractivity contribution in [2.45, 2.75) is 5.41 Å². The molecular formula is C50H30N2S. The van der Waals surface area contributed by atoms with Gasteiger partial charge in [0.15, 0.2) is 0 Å². The molecule has 1 atom stereocenters. The lowest BCUT2D eigenvalue weighted by Gasteiger charge is -2.35. The second-order valence-corrected chi connectivity index (χ2v) is 15.3. The predicted octanol–water partition coefficient (Wildman–Crippen LogP) is 13.1. The number of hydrogen-bond acceptors (Lipinski definition) is 2. The van der Waals surface area contributed by atoms with Crippen molar-refractivity contribution in [3.8, 4) is 50.5 Å². The van der Waals surface area contributed by atoms with Crippen LogP contribution in [0, 0.1) is 0 Å². The van der Waals surface area contributed by atoms with Crippen LogP contribution in [0.1, 0.15) is 22.3 Å². The summed E-state index contributed by atoms with van der Waals surface area (Å²) in [7, 11) is 0. The molecule has 0 fully saturated rings. The normalized spacial score (nSPS) is 15.2. The van der Waals surface area contributed by atoms with E-state index in [1.807, 2.05) is 11.3 Å². The molecule has 3 heteroatoms.